The van der Waals surface area contributed by atoms with Crippen molar-refractivity contribution in [3.63, 3.8) is 0 Å². The number of aryl methyl sites for hydroxylation is 3. The Morgan fingerprint density at radius 2 is 1.70 bits per heavy atom. The van der Waals surface area contributed by atoms with E-state index >= 15 is 0 Å². The van der Waals surface area contributed by atoms with Gasteiger partial charge in [0, 0.05) is 6.04 Å². The van der Waals surface area contributed by atoms with E-state index in [1.807, 2.05) is 0 Å². The van der Waals surface area contributed by atoms with Gasteiger partial charge in [0.1, 0.15) is 0 Å². The minimum absolute atomic E-state index is 0.186. The third kappa shape index (κ3) is 2.27. The lowest BCUT2D eigenvalue weighted by Crippen LogP contribution is -2.19. The molecule has 1 aliphatic rings. The Labute approximate surface area is 121 Å². The molecular formula is C19H23N. The Hall–Kier alpha value is -1.60. The van der Waals surface area contributed by atoms with E-state index in [-0.39, 0.29) is 6.04 Å². The molecule has 2 N–H and O–H groups in total. The Kier molecular flexibility index (Phi) is 3.39. The maximum absolute atomic E-state index is 6.47. The molecular weight excluding hydrogens is 242 g/mol. The average Bonchev–Trinajstić information content (AvgIpc) is 2.71. The number of benzene rings is 2. The fourth-order valence-electron chi connectivity index (χ4n) is 3.70. The van der Waals surface area contributed by atoms with Crippen molar-refractivity contribution in [1.29, 1.82) is 0 Å². The van der Waals surface area contributed by atoms with Crippen molar-refractivity contribution in [3.8, 4) is 0 Å². The molecule has 3 rings (SSSR count). The first-order valence-electron chi connectivity index (χ1n) is 7.46. The lowest BCUT2D eigenvalue weighted by Gasteiger charge is -2.19. The summed E-state index contributed by atoms with van der Waals surface area (Å²) in [5, 5.41) is 0. The summed E-state index contributed by atoms with van der Waals surface area (Å²) in [7, 11) is 0. The summed E-state index contributed by atoms with van der Waals surface area (Å²) >= 11 is 0. The van der Waals surface area contributed by atoms with Crippen molar-refractivity contribution in [2.24, 2.45) is 11.7 Å². The van der Waals surface area contributed by atoms with Gasteiger partial charge in [0.05, 0.1) is 0 Å². The van der Waals surface area contributed by atoms with Crippen LogP contribution in [0, 0.1) is 26.7 Å². The summed E-state index contributed by atoms with van der Waals surface area (Å²) in [5.74, 6) is 0.535. The predicted octanol–water partition coefficient (Wildman–Crippen LogP) is 4.03. The SMILES string of the molecule is Cc1cc(C)c(CC2Cc3ccccc3C2N)c(C)c1. The molecule has 1 heteroatoms. The molecule has 0 heterocycles. The topological polar surface area (TPSA) is 26.0 Å². The molecule has 1 nitrogen and oxygen atoms in total. The number of hydrogen-bond acceptors (Lipinski definition) is 1. The molecule has 2 atom stereocenters. The van der Waals surface area contributed by atoms with Crippen LogP contribution in [0.2, 0.25) is 0 Å². The van der Waals surface area contributed by atoms with Crippen molar-refractivity contribution >= 4 is 0 Å². The summed E-state index contributed by atoms with van der Waals surface area (Å²) < 4.78 is 0. The molecule has 0 saturated carbocycles. The summed E-state index contributed by atoms with van der Waals surface area (Å²) in [4.78, 5) is 0. The fourth-order valence-corrected chi connectivity index (χ4v) is 3.70. The van der Waals surface area contributed by atoms with Crippen LogP contribution in [0.25, 0.3) is 0 Å². The highest BCUT2D eigenvalue weighted by atomic mass is 14.7. The monoisotopic (exact) mass is 265 g/mol. The first-order chi connectivity index (χ1) is 9.56. The van der Waals surface area contributed by atoms with E-state index in [0.29, 0.717) is 5.92 Å². The van der Waals surface area contributed by atoms with Crippen LogP contribution in [-0.4, -0.2) is 0 Å². The molecule has 0 amide bonds. The van der Waals surface area contributed by atoms with Gasteiger partial charge in [0.25, 0.3) is 0 Å². The van der Waals surface area contributed by atoms with E-state index in [9.17, 15) is 0 Å². The van der Waals surface area contributed by atoms with Crippen molar-refractivity contribution in [2.75, 3.05) is 0 Å². The molecule has 20 heavy (non-hydrogen) atoms. The van der Waals surface area contributed by atoms with Crippen LogP contribution in [0.15, 0.2) is 36.4 Å². The van der Waals surface area contributed by atoms with Crippen LogP contribution >= 0.6 is 0 Å². The Bertz CT molecular complexity index is 619. The van der Waals surface area contributed by atoms with Gasteiger partial charge in [-0.3, -0.25) is 0 Å². The lowest BCUT2D eigenvalue weighted by atomic mass is 9.88. The molecule has 0 aromatic heterocycles. The fraction of sp³-hybridized carbons (Fsp3) is 0.368. The van der Waals surface area contributed by atoms with Gasteiger partial charge in [0.2, 0.25) is 0 Å². The summed E-state index contributed by atoms with van der Waals surface area (Å²) in [5.41, 5.74) is 14.9. The zero-order valence-electron chi connectivity index (χ0n) is 12.6. The zero-order chi connectivity index (χ0) is 14.3. The molecule has 0 radical (unpaired) electrons. The van der Waals surface area contributed by atoms with Gasteiger partial charge < -0.3 is 5.73 Å². The highest BCUT2D eigenvalue weighted by Crippen LogP contribution is 2.37. The Balaban J connectivity index is 1.88. The largest absolute Gasteiger partial charge is 0.324 e. The maximum Gasteiger partial charge on any atom is 0.0332 e. The number of fused-ring (bicyclic) bond motifs is 1. The lowest BCUT2D eigenvalue weighted by molar-refractivity contribution is 0.463. The van der Waals surface area contributed by atoms with E-state index in [1.165, 1.54) is 33.4 Å². The van der Waals surface area contributed by atoms with Gasteiger partial charge in [-0.05, 0) is 67.3 Å². The standard InChI is InChI=1S/C19H23N/c1-12-8-13(2)18(14(3)9-12)11-16-10-15-6-4-5-7-17(15)19(16)20/h4-9,16,19H,10-11,20H2,1-3H3. The number of hydrogen-bond donors (Lipinski definition) is 1. The van der Waals surface area contributed by atoms with Crippen molar-refractivity contribution in [2.45, 2.75) is 39.7 Å². The first-order valence-corrected chi connectivity index (χ1v) is 7.46. The molecule has 0 bridgehead atoms. The van der Waals surface area contributed by atoms with E-state index in [4.69, 9.17) is 5.73 Å². The van der Waals surface area contributed by atoms with Gasteiger partial charge >= 0.3 is 0 Å². The molecule has 2 aromatic rings. The second kappa shape index (κ2) is 5.06. The van der Waals surface area contributed by atoms with Crippen LogP contribution < -0.4 is 5.73 Å². The van der Waals surface area contributed by atoms with Gasteiger partial charge in [-0.25, -0.2) is 0 Å². The predicted molar refractivity (Wildman–Crippen MR) is 84.9 cm³/mol. The van der Waals surface area contributed by atoms with Crippen LogP contribution in [0.5, 0.6) is 0 Å². The minimum atomic E-state index is 0.186. The average molecular weight is 265 g/mol. The number of rotatable bonds is 2. The molecule has 0 saturated heterocycles. The minimum Gasteiger partial charge on any atom is -0.324 e. The van der Waals surface area contributed by atoms with E-state index in [2.05, 4.69) is 57.2 Å². The van der Waals surface area contributed by atoms with Gasteiger partial charge in [-0.1, -0.05) is 42.0 Å². The van der Waals surface area contributed by atoms with Gasteiger partial charge in [0.15, 0.2) is 0 Å². The zero-order valence-corrected chi connectivity index (χ0v) is 12.6. The Morgan fingerprint density at radius 1 is 1.05 bits per heavy atom. The third-order valence-corrected chi connectivity index (χ3v) is 4.71. The van der Waals surface area contributed by atoms with E-state index < -0.39 is 0 Å². The molecule has 0 aliphatic heterocycles. The molecule has 1 aliphatic carbocycles. The molecule has 104 valence electrons. The van der Waals surface area contributed by atoms with Crippen LogP contribution in [0.1, 0.15) is 39.4 Å². The van der Waals surface area contributed by atoms with E-state index in [0.717, 1.165) is 12.8 Å². The Morgan fingerprint density at radius 3 is 2.35 bits per heavy atom. The first kappa shape index (κ1) is 13.4. The third-order valence-electron chi connectivity index (χ3n) is 4.71. The molecule has 2 aromatic carbocycles. The smallest absolute Gasteiger partial charge is 0.0332 e. The van der Waals surface area contributed by atoms with E-state index in [1.54, 1.807) is 0 Å². The summed E-state index contributed by atoms with van der Waals surface area (Å²) in [6.45, 7) is 6.62. The van der Waals surface area contributed by atoms with Crippen LogP contribution in [-0.2, 0) is 12.8 Å². The summed E-state index contributed by atoms with van der Waals surface area (Å²) in [6, 6.07) is 13.4. The summed E-state index contributed by atoms with van der Waals surface area (Å²) in [6.07, 6.45) is 2.21. The second-order valence-electron chi connectivity index (χ2n) is 6.27. The van der Waals surface area contributed by atoms with Crippen molar-refractivity contribution < 1.29 is 0 Å². The quantitative estimate of drug-likeness (QED) is 0.871. The number of nitrogens with two attached hydrogens (primary N) is 1. The second-order valence-corrected chi connectivity index (χ2v) is 6.27. The van der Waals surface area contributed by atoms with Gasteiger partial charge in [-0.2, -0.15) is 0 Å². The van der Waals surface area contributed by atoms with Crippen molar-refractivity contribution in [3.05, 3.63) is 69.8 Å². The normalized spacial score (nSPS) is 21.0. The molecule has 0 spiro atoms. The van der Waals surface area contributed by atoms with Crippen LogP contribution in [0.4, 0.5) is 0 Å². The molecule has 0 fully saturated rings. The molecule has 2 unspecified atom stereocenters. The highest BCUT2D eigenvalue weighted by molar-refractivity contribution is 5.40. The maximum atomic E-state index is 6.47. The van der Waals surface area contributed by atoms with Crippen molar-refractivity contribution in [1.82, 2.24) is 0 Å². The highest BCUT2D eigenvalue weighted by Gasteiger charge is 2.29. The van der Waals surface area contributed by atoms with Crippen LogP contribution in [0.3, 0.4) is 0 Å². The van der Waals surface area contributed by atoms with Gasteiger partial charge in [-0.15, -0.1) is 0 Å².